The summed E-state index contributed by atoms with van der Waals surface area (Å²) in [6, 6.07) is 3.64. The molecule has 2 rings (SSSR count). The van der Waals surface area contributed by atoms with Gasteiger partial charge in [0, 0.05) is 32.7 Å². The molecule has 0 saturated carbocycles. The number of phenolic OH excluding ortho intramolecular Hbond substituents is 1. The molecule has 0 bridgehead atoms. The van der Waals surface area contributed by atoms with Crippen molar-refractivity contribution in [2.24, 2.45) is 0 Å². The van der Waals surface area contributed by atoms with Crippen molar-refractivity contribution in [3.63, 3.8) is 0 Å². The first kappa shape index (κ1) is 14.9. The Bertz CT molecular complexity index is 420. The van der Waals surface area contributed by atoms with Gasteiger partial charge in [-0.25, -0.2) is 5.01 Å². The highest BCUT2D eigenvalue weighted by Crippen LogP contribution is 2.36. The van der Waals surface area contributed by atoms with Crippen LogP contribution in [0.2, 0.25) is 0 Å². The molecule has 1 heterocycles. The predicted octanol–water partition coefficient (Wildman–Crippen LogP) is 0.661. The highest BCUT2D eigenvalue weighted by molar-refractivity contribution is 5.52. The SMILES string of the molecule is COc1cc(CNN2CCN(C)CC2)cc(OC)c1O. The summed E-state index contributed by atoms with van der Waals surface area (Å²) >= 11 is 0. The molecule has 0 unspecified atom stereocenters. The first-order chi connectivity index (χ1) is 9.63. The molecule has 6 nitrogen and oxygen atoms in total. The maximum absolute atomic E-state index is 9.87. The zero-order valence-electron chi connectivity index (χ0n) is 12.3. The number of nitrogens with zero attached hydrogens (tertiary/aromatic N) is 2. The number of phenols is 1. The number of hydrazine groups is 1. The van der Waals surface area contributed by atoms with Crippen molar-refractivity contribution in [3.05, 3.63) is 17.7 Å². The minimum Gasteiger partial charge on any atom is -0.502 e. The lowest BCUT2D eigenvalue weighted by Crippen LogP contribution is -2.50. The Morgan fingerprint density at radius 3 is 2.15 bits per heavy atom. The number of piperazine rings is 1. The number of hydrogen-bond donors (Lipinski definition) is 2. The Balaban J connectivity index is 1.98. The zero-order chi connectivity index (χ0) is 14.5. The largest absolute Gasteiger partial charge is 0.502 e. The van der Waals surface area contributed by atoms with Crippen LogP contribution in [0.1, 0.15) is 5.56 Å². The van der Waals surface area contributed by atoms with E-state index in [0.717, 1.165) is 31.7 Å². The lowest BCUT2D eigenvalue weighted by Gasteiger charge is -2.32. The first-order valence-corrected chi connectivity index (χ1v) is 6.75. The number of likely N-dealkylation sites (N-methyl/N-ethyl adjacent to an activating group) is 1. The van der Waals surface area contributed by atoms with Gasteiger partial charge in [-0.3, -0.25) is 5.43 Å². The van der Waals surface area contributed by atoms with Crippen molar-refractivity contribution >= 4 is 0 Å². The Hall–Kier alpha value is -1.50. The van der Waals surface area contributed by atoms with E-state index in [2.05, 4.69) is 22.4 Å². The monoisotopic (exact) mass is 281 g/mol. The molecular weight excluding hydrogens is 258 g/mol. The fraction of sp³-hybridized carbons (Fsp3) is 0.571. The van der Waals surface area contributed by atoms with E-state index >= 15 is 0 Å². The Kier molecular flexibility index (Phi) is 5.05. The summed E-state index contributed by atoms with van der Waals surface area (Å²) in [4.78, 5) is 2.31. The normalized spacial score (nSPS) is 17.1. The van der Waals surface area contributed by atoms with Crippen molar-refractivity contribution in [2.75, 3.05) is 47.4 Å². The molecule has 20 heavy (non-hydrogen) atoms. The van der Waals surface area contributed by atoms with Crippen LogP contribution < -0.4 is 14.9 Å². The number of hydrogen-bond acceptors (Lipinski definition) is 6. The van der Waals surface area contributed by atoms with Gasteiger partial charge in [-0.1, -0.05) is 0 Å². The van der Waals surface area contributed by atoms with Crippen LogP contribution in [0.25, 0.3) is 0 Å². The second-order valence-corrected chi connectivity index (χ2v) is 4.97. The molecule has 1 aliphatic heterocycles. The standard InChI is InChI=1S/C14H23N3O3/c1-16-4-6-17(7-5-16)15-10-11-8-12(19-2)14(18)13(9-11)20-3/h8-9,15,18H,4-7,10H2,1-3H3. The van der Waals surface area contributed by atoms with Gasteiger partial charge in [0.05, 0.1) is 14.2 Å². The van der Waals surface area contributed by atoms with E-state index < -0.39 is 0 Å². The number of benzene rings is 1. The van der Waals surface area contributed by atoms with Crippen molar-refractivity contribution in [2.45, 2.75) is 6.54 Å². The second kappa shape index (κ2) is 6.78. The predicted molar refractivity (Wildman–Crippen MR) is 77.1 cm³/mol. The number of nitrogens with one attached hydrogen (secondary N) is 1. The number of ether oxygens (including phenoxy) is 2. The molecule has 1 fully saturated rings. The van der Waals surface area contributed by atoms with Crippen LogP contribution in [-0.4, -0.2) is 62.5 Å². The minimum absolute atomic E-state index is 0.0401. The molecule has 1 saturated heterocycles. The van der Waals surface area contributed by atoms with Gasteiger partial charge in [-0.15, -0.1) is 0 Å². The molecule has 0 amide bonds. The highest BCUT2D eigenvalue weighted by atomic mass is 16.5. The lowest BCUT2D eigenvalue weighted by molar-refractivity contribution is 0.102. The van der Waals surface area contributed by atoms with Crippen LogP contribution >= 0.6 is 0 Å². The van der Waals surface area contributed by atoms with Gasteiger partial charge in [0.15, 0.2) is 11.5 Å². The molecule has 1 aromatic rings. The number of methoxy groups -OCH3 is 2. The van der Waals surface area contributed by atoms with Gasteiger partial charge in [-0.2, -0.15) is 0 Å². The Labute approximate surface area is 119 Å². The third-order valence-corrected chi connectivity index (χ3v) is 3.55. The third kappa shape index (κ3) is 3.53. The molecule has 2 N–H and O–H groups in total. The summed E-state index contributed by atoms with van der Waals surface area (Å²) in [5, 5.41) is 12.1. The molecule has 0 aromatic heterocycles. The maximum atomic E-state index is 9.87. The summed E-state index contributed by atoms with van der Waals surface area (Å²) in [5.41, 5.74) is 4.40. The summed E-state index contributed by atoms with van der Waals surface area (Å²) < 4.78 is 10.3. The highest BCUT2D eigenvalue weighted by Gasteiger charge is 2.15. The Morgan fingerprint density at radius 2 is 1.65 bits per heavy atom. The van der Waals surface area contributed by atoms with Crippen LogP contribution in [0.15, 0.2) is 12.1 Å². The van der Waals surface area contributed by atoms with E-state index in [-0.39, 0.29) is 5.75 Å². The minimum atomic E-state index is 0.0401. The van der Waals surface area contributed by atoms with E-state index in [9.17, 15) is 5.11 Å². The van der Waals surface area contributed by atoms with E-state index in [1.165, 1.54) is 14.2 Å². The van der Waals surface area contributed by atoms with Gasteiger partial charge in [-0.05, 0) is 24.7 Å². The molecule has 0 radical (unpaired) electrons. The molecule has 1 aromatic carbocycles. The van der Waals surface area contributed by atoms with Gasteiger partial charge >= 0.3 is 0 Å². The van der Waals surface area contributed by atoms with Crippen molar-refractivity contribution in [1.82, 2.24) is 15.3 Å². The van der Waals surface area contributed by atoms with E-state index in [1.54, 1.807) is 0 Å². The number of rotatable bonds is 5. The summed E-state index contributed by atoms with van der Waals surface area (Å²) in [7, 11) is 5.20. The van der Waals surface area contributed by atoms with Crippen LogP contribution in [0, 0.1) is 0 Å². The second-order valence-electron chi connectivity index (χ2n) is 4.97. The van der Waals surface area contributed by atoms with Crippen molar-refractivity contribution in [3.8, 4) is 17.2 Å². The van der Waals surface area contributed by atoms with E-state index in [4.69, 9.17) is 9.47 Å². The quantitative estimate of drug-likeness (QED) is 0.827. The molecule has 0 spiro atoms. The molecular formula is C14H23N3O3. The van der Waals surface area contributed by atoms with Crippen LogP contribution in [0.3, 0.4) is 0 Å². The fourth-order valence-corrected chi connectivity index (χ4v) is 2.22. The average Bonchev–Trinajstić information content (AvgIpc) is 2.47. The van der Waals surface area contributed by atoms with Gasteiger partial charge in [0.1, 0.15) is 0 Å². The lowest BCUT2D eigenvalue weighted by atomic mass is 10.2. The molecule has 0 atom stereocenters. The van der Waals surface area contributed by atoms with Gasteiger partial charge in [0.25, 0.3) is 0 Å². The maximum Gasteiger partial charge on any atom is 0.200 e. The van der Waals surface area contributed by atoms with E-state index in [0.29, 0.717) is 18.0 Å². The summed E-state index contributed by atoms with van der Waals surface area (Å²) in [5.74, 6) is 0.900. The molecule has 112 valence electrons. The van der Waals surface area contributed by atoms with Crippen LogP contribution in [0.4, 0.5) is 0 Å². The first-order valence-electron chi connectivity index (χ1n) is 6.75. The topological polar surface area (TPSA) is 57.2 Å². The van der Waals surface area contributed by atoms with Crippen LogP contribution in [0.5, 0.6) is 17.2 Å². The van der Waals surface area contributed by atoms with E-state index in [1.807, 2.05) is 12.1 Å². The smallest absolute Gasteiger partial charge is 0.200 e. The third-order valence-electron chi connectivity index (χ3n) is 3.55. The summed E-state index contributed by atoms with van der Waals surface area (Å²) in [6.07, 6.45) is 0. The number of aromatic hydroxyl groups is 1. The van der Waals surface area contributed by atoms with Gasteiger partial charge < -0.3 is 19.5 Å². The van der Waals surface area contributed by atoms with Crippen molar-refractivity contribution < 1.29 is 14.6 Å². The fourth-order valence-electron chi connectivity index (χ4n) is 2.22. The van der Waals surface area contributed by atoms with Gasteiger partial charge in [0.2, 0.25) is 5.75 Å². The summed E-state index contributed by atoms with van der Waals surface area (Å²) in [6.45, 7) is 4.81. The zero-order valence-corrected chi connectivity index (χ0v) is 12.3. The van der Waals surface area contributed by atoms with Crippen LogP contribution in [-0.2, 0) is 6.54 Å². The molecule has 1 aliphatic rings. The molecule has 6 heteroatoms. The molecule has 0 aliphatic carbocycles. The Morgan fingerprint density at radius 1 is 1.10 bits per heavy atom. The van der Waals surface area contributed by atoms with Crippen molar-refractivity contribution in [1.29, 1.82) is 0 Å². The average molecular weight is 281 g/mol.